The molecule has 3 atom stereocenters. The predicted molar refractivity (Wildman–Crippen MR) is 49.6 cm³/mol. The van der Waals surface area contributed by atoms with E-state index in [2.05, 4.69) is 5.32 Å². The van der Waals surface area contributed by atoms with Crippen LogP contribution in [0.4, 0.5) is 8.78 Å². The predicted octanol–water partition coefficient (Wildman–Crippen LogP) is 1.18. The number of hydrogen-bond acceptors (Lipinski definition) is 3. The number of nitrogens with one attached hydrogen (secondary N) is 1. The van der Waals surface area contributed by atoms with E-state index in [-0.39, 0.29) is 24.9 Å². The lowest BCUT2D eigenvalue weighted by molar-refractivity contribution is -0.146. The van der Waals surface area contributed by atoms with E-state index < -0.39 is 17.9 Å². The van der Waals surface area contributed by atoms with Gasteiger partial charge < -0.3 is 10.1 Å². The lowest BCUT2D eigenvalue weighted by Gasteiger charge is -2.17. The molecule has 1 saturated carbocycles. The van der Waals surface area contributed by atoms with Crippen molar-refractivity contribution in [2.24, 2.45) is 11.8 Å². The molecule has 1 saturated heterocycles. The molecule has 3 nitrogen and oxygen atoms in total. The van der Waals surface area contributed by atoms with Crippen LogP contribution in [0.3, 0.4) is 0 Å². The monoisotopic (exact) mass is 219 g/mol. The van der Waals surface area contributed by atoms with Crippen LogP contribution in [0.15, 0.2) is 0 Å². The number of carbonyl (C=O) groups excluding carboxylic acids is 1. The van der Waals surface area contributed by atoms with Crippen LogP contribution >= 0.6 is 0 Å². The Hall–Kier alpha value is -0.710. The lowest BCUT2D eigenvalue weighted by atomic mass is 9.93. The summed E-state index contributed by atoms with van der Waals surface area (Å²) in [6, 6.07) is -0.525. The number of alkyl halides is 2. The first-order chi connectivity index (χ1) is 7.06. The van der Waals surface area contributed by atoms with Crippen molar-refractivity contribution < 1.29 is 18.3 Å². The quantitative estimate of drug-likeness (QED) is 0.709. The maximum atomic E-state index is 13.3. The zero-order valence-corrected chi connectivity index (χ0v) is 8.63. The Kier molecular flexibility index (Phi) is 2.66. The third-order valence-corrected chi connectivity index (χ3v) is 3.40. The number of carbonyl (C=O) groups is 1. The number of hydrogen-bond donors (Lipinski definition) is 1. The van der Waals surface area contributed by atoms with Gasteiger partial charge in [-0.05, 0) is 19.3 Å². The molecule has 2 fully saturated rings. The zero-order chi connectivity index (χ0) is 11.1. The summed E-state index contributed by atoms with van der Waals surface area (Å²) in [5.74, 6) is -3.94. The first-order valence-electron chi connectivity index (χ1n) is 5.34. The van der Waals surface area contributed by atoms with Crippen molar-refractivity contribution in [2.75, 3.05) is 13.2 Å². The number of rotatable bonds is 2. The van der Waals surface area contributed by atoms with Crippen molar-refractivity contribution in [3.8, 4) is 0 Å². The summed E-state index contributed by atoms with van der Waals surface area (Å²) in [4.78, 5) is 11.5. The molecule has 2 rings (SSSR count). The second kappa shape index (κ2) is 3.70. The number of fused-ring (bicyclic) bond motifs is 1. The summed E-state index contributed by atoms with van der Waals surface area (Å²) in [5.41, 5.74) is 0. The fraction of sp³-hybridized carbons (Fsp3) is 0.900. The van der Waals surface area contributed by atoms with Crippen LogP contribution < -0.4 is 5.32 Å². The first kappa shape index (κ1) is 10.8. The van der Waals surface area contributed by atoms with Crippen LogP contribution in [0.5, 0.6) is 0 Å². The van der Waals surface area contributed by atoms with E-state index >= 15 is 0 Å². The van der Waals surface area contributed by atoms with E-state index in [0.29, 0.717) is 13.0 Å². The van der Waals surface area contributed by atoms with Gasteiger partial charge in [-0.1, -0.05) is 0 Å². The highest BCUT2D eigenvalue weighted by molar-refractivity contribution is 5.76. The van der Waals surface area contributed by atoms with Crippen molar-refractivity contribution in [3.63, 3.8) is 0 Å². The molecule has 1 heterocycles. The molecule has 86 valence electrons. The summed E-state index contributed by atoms with van der Waals surface area (Å²) in [5, 5.41) is 2.84. The number of ether oxygens (including phenoxy) is 1. The minimum Gasteiger partial charge on any atom is -0.465 e. The van der Waals surface area contributed by atoms with Gasteiger partial charge in [0.1, 0.15) is 6.04 Å². The van der Waals surface area contributed by atoms with E-state index in [1.165, 1.54) is 0 Å². The van der Waals surface area contributed by atoms with Gasteiger partial charge in [-0.25, -0.2) is 8.78 Å². The van der Waals surface area contributed by atoms with Crippen LogP contribution in [0, 0.1) is 11.8 Å². The van der Waals surface area contributed by atoms with Gasteiger partial charge in [0, 0.05) is 18.9 Å². The molecule has 1 unspecified atom stereocenters. The van der Waals surface area contributed by atoms with Gasteiger partial charge in [0.2, 0.25) is 0 Å². The molecule has 0 aromatic heterocycles. The lowest BCUT2D eigenvalue weighted by Crippen LogP contribution is -2.37. The maximum Gasteiger partial charge on any atom is 0.323 e. The van der Waals surface area contributed by atoms with Crippen LogP contribution in [-0.4, -0.2) is 31.1 Å². The summed E-state index contributed by atoms with van der Waals surface area (Å²) >= 11 is 0. The van der Waals surface area contributed by atoms with E-state index in [1.807, 2.05) is 0 Å². The second-order valence-electron chi connectivity index (χ2n) is 4.21. The summed E-state index contributed by atoms with van der Waals surface area (Å²) in [7, 11) is 0. The average molecular weight is 219 g/mol. The smallest absolute Gasteiger partial charge is 0.323 e. The van der Waals surface area contributed by atoms with Gasteiger partial charge >= 0.3 is 5.97 Å². The fourth-order valence-corrected chi connectivity index (χ4v) is 2.65. The van der Waals surface area contributed by atoms with Crippen molar-refractivity contribution in [2.45, 2.75) is 31.7 Å². The number of esters is 1. The second-order valence-corrected chi connectivity index (χ2v) is 4.21. The topological polar surface area (TPSA) is 38.3 Å². The molecule has 5 heteroatoms. The van der Waals surface area contributed by atoms with Crippen LogP contribution in [0.2, 0.25) is 0 Å². The molecule has 1 aliphatic heterocycles. The third-order valence-electron chi connectivity index (χ3n) is 3.40. The highest BCUT2D eigenvalue weighted by Crippen LogP contribution is 2.48. The van der Waals surface area contributed by atoms with Gasteiger partial charge in [-0.3, -0.25) is 4.79 Å². The van der Waals surface area contributed by atoms with Gasteiger partial charge in [-0.15, -0.1) is 0 Å². The van der Waals surface area contributed by atoms with Crippen molar-refractivity contribution in [3.05, 3.63) is 0 Å². The highest BCUT2D eigenvalue weighted by Gasteiger charge is 2.57. The molecule has 0 bridgehead atoms. The normalized spacial score (nSPS) is 37.7. The van der Waals surface area contributed by atoms with Gasteiger partial charge in [-0.2, -0.15) is 0 Å². The van der Waals surface area contributed by atoms with E-state index in [0.717, 1.165) is 0 Å². The van der Waals surface area contributed by atoms with Crippen molar-refractivity contribution in [1.29, 1.82) is 0 Å². The zero-order valence-electron chi connectivity index (χ0n) is 8.63. The molecule has 15 heavy (non-hydrogen) atoms. The Balaban J connectivity index is 2.05. The fourth-order valence-electron chi connectivity index (χ4n) is 2.65. The van der Waals surface area contributed by atoms with E-state index in [4.69, 9.17) is 4.74 Å². The standard InChI is InChI=1S/C10H15F2NO2/c1-2-15-9(14)8-6-3-4-10(11,12)7(6)5-13-8/h6-8,13H,2-5H2,1H3/t6?,7-,8-/m0/s1. The molecule has 1 aliphatic carbocycles. The first-order valence-corrected chi connectivity index (χ1v) is 5.34. The largest absolute Gasteiger partial charge is 0.465 e. The van der Waals surface area contributed by atoms with Crippen LogP contribution in [0.25, 0.3) is 0 Å². The Labute approximate surface area is 87.2 Å². The highest BCUT2D eigenvalue weighted by atomic mass is 19.3. The summed E-state index contributed by atoms with van der Waals surface area (Å²) < 4.78 is 31.5. The van der Waals surface area contributed by atoms with Gasteiger partial charge in [0.25, 0.3) is 5.92 Å². The summed E-state index contributed by atoms with van der Waals surface area (Å²) in [6.45, 7) is 2.24. The number of halogens is 2. The molecule has 1 N–H and O–H groups in total. The van der Waals surface area contributed by atoms with Crippen molar-refractivity contribution in [1.82, 2.24) is 5.32 Å². The SMILES string of the molecule is CCOC(=O)[C@H]1NC[C@H]2C1CCC2(F)F. The molecule has 0 aromatic carbocycles. The van der Waals surface area contributed by atoms with Crippen LogP contribution in [0.1, 0.15) is 19.8 Å². The molecule has 0 amide bonds. The van der Waals surface area contributed by atoms with Gasteiger partial charge in [0.05, 0.1) is 6.61 Å². The Bertz CT molecular complexity index is 270. The Morgan fingerprint density at radius 2 is 2.33 bits per heavy atom. The van der Waals surface area contributed by atoms with Gasteiger partial charge in [0.15, 0.2) is 0 Å². The van der Waals surface area contributed by atoms with Crippen molar-refractivity contribution >= 4 is 5.97 Å². The summed E-state index contributed by atoms with van der Waals surface area (Å²) in [6.07, 6.45) is 0.314. The minimum absolute atomic E-state index is 0.0973. The average Bonchev–Trinajstić information content (AvgIpc) is 2.69. The van der Waals surface area contributed by atoms with E-state index in [9.17, 15) is 13.6 Å². The molecule has 0 aromatic rings. The Morgan fingerprint density at radius 3 is 3.00 bits per heavy atom. The molecular formula is C10H15F2NO2. The maximum absolute atomic E-state index is 13.3. The molecule has 2 aliphatic rings. The third kappa shape index (κ3) is 1.73. The van der Waals surface area contributed by atoms with Crippen LogP contribution in [-0.2, 0) is 9.53 Å². The molecule has 0 spiro atoms. The Morgan fingerprint density at radius 1 is 1.60 bits per heavy atom. The molecular weight excluding hydrogens is 204 g/mol. The minimum atomic E-state index is -2.61. The molecule has 0 radical (unpaired) electrons. The van der Waals surface area contributed by atoms with E-state index in [1.54, 1.807) is 6.92 Å².